The SMILES string of the molecule is CCC(Oc1ccc(F)cc1)C(=O)Nc1cccc(SC)c1. The van der Waals surface area contributed by atoms with Gasteiger partial charge in [0.25, 0.3) is 5.91 Å². The van der Waals surface area contributed by atoms with Crippen molar-refractivity contribution in [2.24, 2.45) is 0 Å². The lowest BCUT2D eigenvalue weighted by Crippen LogP contribution is -2.32. The van der Waals surface area contributed by atoms with E-state index in [1.165, 1.54) is 24.3 Å². The van der Waals surface area contributed by atoms with Crippen molar-refractivity contribution in [3.8, 4) is 5.75 Å². The van der Waals surface area contributed by atoms with E-state index in [1.54, 1.807) is 11.8 Å². The smallest absolute Gasteiger partial charge is 0.265 e. The monoisotopic (exact) mass is 319 g/mol. The zero-order valence-corrected chi connectivity index (χ0v) is 13.3. The Morgan fingerprint density at radius 1 is 1.27 bits per heavy atom. The van der Waals surface area contributed by atoms with Crippen LogP contribution in [0.5, 0.6) is 5.75 Å². The number of rotatable bonds is 6. The van der Waals surface area contributed by atoms with E-state index in [2.05, 4.69) is 5.32 Å². The van der Waals surface area contributed by atoms with Crippen LogP contribution in [0.3, 0.4) is 0 Å². The van der Waals surface area contributed by atoms with Gasteiger partial charge in [0.1, 0.15) is 11.6 Å². The van der Waals surface area contributed by atoms with E-state index in [4.69, 9.17) is 4.74 Å². The molecule has 3 nitrogen and oxygen atoms in total. The molecule has 0 aliphatic heterocycles. The highest BCUT2D eigenvalue weighted by Crippen LogP contribution is 2.20. The first-order valence-corrected chi connectivity index (χ1v) is 8.22. The number of amides is 1. The van der Waals surface area contributed by atoms with Crippen LogP contribution >= 0.6 is 11.8 Å². The lowest BCUT2D eigenvalue weighted by atomic mass is 10.2. The second-order valence-corrected chi connectivity index (χ2v) is 5.57. The molecule has 2 aromatic rings. The van der Waals surface area contributed by atoms with E-state index in [-0.39, 0.29) is 11.7 Å². The maximum absolute atomic E-state index is 12.9. The van der Waals surface area contributed by atoms with Gasteiger partial charge in [-0.3, -0.25) is 4.79 Å². The van der Waals surface area contributed by atoms with Gasteiger partial charge in [-0.05, 0) is 55.1 Å². The number of hydrogen-bond acceptors (Lipinski definition) is 3. The van der Waals surface area contributed by atoms with Crippen LogP contribution in [0.25, 0.3) is 0 Å². The van der Waals surface area contributed by atoms with Crippen molar-refractivity contribution in [3.63, 3.8) is 0 Å². The van der Waals surface area contributed by atoms with Crippen molar-refractivity contribution in [2.45, 2.75) is 24.3 Å². The lowest BCUT2D eigenvalue weighted by Gasteiger charge is -2.17. The van der Waals surface area contributed by atoms with Gasteiger partial charge in [-0.15, -0.1) is 11.8 Å². The molecule has 2 rings (SSSR count). The van der Waals surface area contributed by atoms with Crippen molar-refractivity contribution in [1.82, 2.24) is 0 Å². The van der Waals surface area contributed by atoms with Gasteiger partial charge in [0.2, 0.25) is 0 Å². The molecule has 1 atom stereocenters. The van der Waals surface area contributed by atoms with E-state index in [0.29, 0.717) is 12.2 Å². The topological polar surface area (TPSA) is 38.3 Å². The molecule has 1 amide bonds. The Bertz CT molecular complexity index is 631. The minimum atomic E-state index is -0.622. The number of hydrogen-bond donors (Lipinski definition) is 1. The molecule has 0 saturated heterocycles. The molecule has 116 valence electrons. The quantitative estimate of drug-likeness (QED) is 0.805. The number of carbonyl (C=O) groups excluding carboxylic acids is 1. The minimum Gasteiger partial charge on any atom is -0.481 e. The molecule has 1 unspecified atom stereocenters. The number of thioether (sulfide) groups is 1. The van der Waals surface area contributed by atoms with Gasteiger partial charge in [-0.2, -0.15) is 0 Å². The van der Waals surface area contributed by atoms with Gasteiger partial charge in [-0.25, -0.2) is 4.39 Å². The molecular formula is C17H18FNO2S. The van der Waals surface area contributed by atoms with Crippen molar-refractivity contribution in [3.05, 3.63) is 54.3 Å². The molecule has 2 aromatic carbocycles. The maximum Gasteiger partial charge on any atom is 0.265 e. The molecule has 22 heavy (non-hydrogen) atoms. The molecule has 0 bridgehead atoms. The average molecular weight is 319 g/mol. The summed E-state index contributed by atoms with van der Waals surface area (Å²) in [5.41, 5.74) is 0.734. The summed E-state index contributed by atoms with van der Waals surface area (Å²) in [5.74, 6) is -0.0786. The van der Waals surface area contributed by atoms with Crippen molar-refractivity contribution >= 4 is 23.4 Å². The molecule has 1 N–H and O–H groups in total. The summed E-state index contributed by atoms with van der Waals surface area (Å²) >= 11 is 1.61. The Morgan fingerprint density at radius 2 is 2.00 bits per heavy atom. The highest BCUT2D eigenvalue weighted by molar-refractivity contribution is 7.98. The first kappa shape index (κ1) is 16.4. The molecule has 0 aliphatic rings. The Kier molecular flexibility index (Phi) is 5.83. The van der Waals surface area contributed by atoms with Crippen LogP contribution in [0.2, 0.25) is 0 Å². The van der Waals surface area contributed by atoms with Crippen LogP contribution in [0.4, 0.5) is 10.1 Å². The van der Waals surface area contributed by atoms with Gasteiger partial charge in [0.15, 0.2) is 6.10 Å². The fraction of sp³-hybridized carbons (Fsp3) is 0.235. The molecule has 0 heterocycles. The standard InChI is InChI=1S/C17H18FNO2S/c1-3-16(21-14-9-7-12(18)8-10-14)17(20)19-13-5-4-6-15(11-13)22-2/h4-11,16H,3H2,1-2H3,(H,19,20). The van der Waals surface area contributed by atoms with Crippen LogP contribution in [0, 0.1) is 5.82 Å². The van der Waals surface area contributed by atoms with Crippen molar-refractivity contribution < 1.29 is 13.9 Å². The predicted molar refractivity (Wildman–Crippen MR) is 88.0 cm³/mol. The molecule has 0 radical (unpaired) electrons. The van der Waals surface area contributed by atoms with Gasteiger partial charge in [-0.1, -0.05) is 13.0 Å². The zero-order chi connectivity index (χ0) is 15.9. The van der Waals surface area contributed by atoms with Crippen LogP contribution in [-0.2, 0) is 4.79 Å². The minimum absolute atomic E-state index is 0.218. The Labute approximate surface area is 133 Å². The summed E-state index contributed by atoms with van der Waals surface area (Å²) in [6.45, 7) is 1.87. The first-order valence-electron chi connectivity index (χ1n) is 6.99. The van der Waals surface area contributed by atoms with E-state index >= 15 is 0 Å². The second-order valence-electron chi connectivity index (χ2n) is 4.69. The van der Waals surface area contributed by atoms with Gasteiger partial charge in [0.05, 0.1) is 0 Å². The molecule has 0 spiro atoms. The molecule has 0 aliphatic carbocycles. The average Bonchev–Trinajstić information content (AvgIpc) is 2.54. The third kappa shape index (κ3) is 4.49. The summed E-state index contributed by atoms with van der Waals surface area (Å²) < 4.78 is 18.5. The molecule has 0 aromatic heterocycles. The Hall–Kier alpha value is -2.01. The van der Waals surface area contributed by atoms with Gasteiger partial charge < -0.3 is 10.1 Å². The largest absolute Gasteiger partial charge is 0.481 e. The Balaban J connectivity index is 2.03. The summed E-state index contributed by atoms with van der Waals surface area (Å²) in [6.07, 6.45) is 1.88. The summed E-state index contributed by atoms with van der Waals surface area (Å²) in [7, 11) is 0. The maximum atomic E-state index is 12.9. The highest BCUT2D eigenvalue weighted by atomic mass is 32.2. The fourth-order valence-corrected chi connectivity index (χ4v) is 2.38. The number of halogens is 1. The highest BCUT2D eigenvalue weighted by Gasteiger charge is 2.18. The van der Waals surface area contributed by atoms with E-state index in [1.807, 2.05) is 37.4 Å². The Morgan fingerprint density at radius 3 is 2.64 bits per heavy atom. The van der Waals surface area contributed by atoms with Crippen LogP contribution in [-0.4, -0.2) is 18.3 Å². The molecule has 5 heteroatoms. The van der Waals surface area contributed by atoms with Crippen molar-refractivity contribution in [2.75, 3.05) is 11.6 Å². The van der Waals surface area contributed by atoms with E-state index < -0.39 is 6.10 Å². The predicted octanol–water partition coefficient (Wildman–Crippen LogP) is 4.34. The molecule has 0 fully saturated rings. The number of benzene rings is 2. The third-order valence-corrected chi connectivity index (χ3v) is 3.82. The fourth-order valence-electron chi connectivity index (χ4n) is 1.92. The number of anilines is 1. The van der Waals surface area contributed by atoms with Crippen LogP contribution in [0.15, 0.2) is 53.4 Å². The first-order chi connectivity index (χ1) is 10.6. The number of nitrogens with one attached hydrogen (secondary N) is 1. The third-order valence-electron chi connectivity index (χ3n) is 3.09. The molecule has 0 saturated carbocycles. The lowest BCUT2D eigenvalue weighted by molar-refractivity contribution is -0.122. The molecular weight excluding hydrogens is 301 g/mol. The summed E-state index contributed by atoms with van der Waals surface area (Å²) in [5, 5.41) is 2.85. The van der Waals surface area contributed by atoms with E-state index in [0.717, 1.165) is 10.6 Å². The number of carbonyl (C=O) groups is 1. The van der Waals surface area contributed by atoms with Crippen LogP contribution in [0.1, 0.15) is 13.3 Å². The summed E-state index contributed by atoms with van der Waals surface area (Å²) in [6, 6.07) is 13.3. The van der Waals surface area contributed by atoms with Gasteiger partial charge in [0, 0.05) is 10.6 Å². The number of ether oxygens (including phenoxy) is 1. The van der Waals surface area contributed by atoms with Crippen molar-refractivity contribution in [1.29, 1.82) is 0 Å². The van der Waals surface area contributed by atoms with Gasteiger partial charge >= 0.3 is 0 Å². The van der Waals surface area contributed by atoms with E-state index in [9.17, 15) is 9.18 Å². The second kappa shape index (κ2) is 7.84. The normalized spacial score (nSPS) is 11.8. The zero-order valence-electron chi connectivity index (χ0n) is 12.5. The summed E-state index contributed by atoms with van der Waals surface area (Å²) in [4.78, 5) is 13.4. The van der Waals surface area contributed by atoms with Crippen LogP contribution < -0.4 is 10.1 Å².